The lowest BCUT2D eigenvalue weighted by Crippen LogP contribution is -2.13. The molecule has 8 heteroatoms. The molecule has 0 atom stereocenters. The van der Waals surface area contributed by atoms with Crippen molar-refractivity contribution in [3.63, 3.8) is 0 Å². The molecule has 2 aromatic heterocycles. The minimum atomic E-state index is -0.353. The summed E-state index contributed by atoms with van der Waals surface area (Å²) < 4.78 is 1.90. The first-order valence-electron chi connectivity index (χ1n) is 5.63. The number of carbonyl (C=O) groups excluding carboxylic acids is 1. The van der Waals surface area contributed by atoms with Crippen molar-refractivity contribution >= 4 is 34.5 Å². The first-order chi connectivity index (χ1) is 9.74. The quantitative estimate of drug-likeness (QED) is 0.807. The van der Waals surface area contributed by atoms with Crippen LogP contribution in [0.1, 0.15) is 9.80 Å². The molecule has 6 nitrogen and oxygen atoms in total. The molecule has 100 valence electrons. The zero-order valence-corrected chi connectivity index (χ0v) is 11.6. The van der Waals surface area contributed by atoms with Crippen molar-refractivity contribution in [2.75, 3.05) is 5.32 Å². The second kappa shape index (κ2) is 5.40. The van der Waals surface area contributed by atoms with Crippen molar-refractivity contribution in [1.82, 2.24) is 20.0 Å². The molecule has 3 aromatic rings. The van der Waals surface area contributed by atoms with E-state index in [1.165, 1.54) is 0 Å². The number of hydrogen-bond donors (Lipinski definition) is 1. The number of anilines is 1. The third-order valence-corrected chi connectivity index (χ3v) is 3.52. The van der Waals surface area contributed by atoms with Crippen LogP contribution in [0.5, 0.6) is 0 Å². The Balaban J connectivity index is 1.90. The van der Waals surface area contributed by atoms with Gasteiger partial charge in [0.2, 0.25) is 9.47 Å². The van der Waals surface area contributed by atoms with Crippen molar-refractivity contribution in [2.24, 2.45) is 0 Å². The van der Waals surface area contributed by atoms with Crippen LogP contribution in [-0.2, 0) is 0 Å². The van der Waals surface area contributed by atoms with Gasteiger partial charge in [0.25, 0.3) is 5.91 Å². The highest BCUT2D eigenvalue weighted by Crippen LogP contribution is 2.21. The molecule has 0 aliphatic carbocycles. The van der Waals surface area contributed by atoms with Gasteiger partial charge in [-0.3, -0.25) is 4.79 Å². The van der Waals surface area contributed by atoms with E-state index in [0.29, 0.717) is 5.69 Å². The molecule has 0 saturated heterocycles. The topological polar surface area (TPSA) is 72.7 Å². The Hall–Kier alpha value is -2.25. The molecular formula is C12H8ClN5OS. The lowest BCUT2D eigenvalue weighted by Gasteiger charge is -2.09. The molecule has 0 unspecified atom stereocenters. The van der Waals surface area contributed by atoms with Crippen LogP contribution < -0.4 is 5.32 Å². The Morgan fingerprint density at radius 3 is 2.80 bits per heavy atom. The van der Waals surface area contributed by atoms with Crippen LogP contribution in [0.4, 0.5) is 5.69 Å². The molecule has 1 N–H and O–H groups in total. The van der Waals surface area contributed by atoms with Crippen molar-refractivity contribution in [3.8, 4) is 5.69 Å². The number of nitrogens with one attached hydrogen (secondary N) is 1. The number of aromatic nitrogens is 4. The number of rotatable bonds is 3. The summed E-state index contributed by atoms with van der Waals surface area (Å²) in [7, 11) is 0. The van der Waals surface area contributed by atoms with E-state index in [2.05, 4.69) is 20.6 Å². The molecule has 3 rings (SSSR count). The highest BCUT2D eigenvalue weighted by atomic mass is 35.5. The third kappa shape index (κ3) is 2.54. The Morgan fingerprint density at radius 1 is 1.25 bits per heavy atom. The number of amides is 1. The van der Waals surface area contributed by atoms with Gasteiger partial charge in [0.15, 0.2) is 0 Å². The van der Waals surface area contributed by atoms with Gasteiger partial charge in [-0.15, -0.1) is 10.2 Å². The summed E-state index contributed by atoms with van der Waals surface area (Å²) >= 11 is 6.70. The normalized spacial score (nSPS) is 10.4. The maximum absolute atomic E-state index is 12.1. The number of carbonyl (C=O) groups is 1. The number of halogens is 1. The summed E-state index contributed by atoms with van der Waals surface area (Å²) in [5.74, 6) is -0.353. The number of benzene rings is 1. The number of nitrogens with zero attached hydrogens (tertiary/aromatic N) is 4. The molecule has 0 aliphatic heterocycles. The van der Waals surface area contributed by atoms with Crippen LogP contribution in [0.2, 0.25) is 4.47 Å². The van der Waals surface area contributed by atoms with E-state index in [4.69, 9.17) is 11.6 Å². The molecule has 0 saturated carbocycles. The standard InChI is InChI=1S/C12H8ClN5OS/c13-12-17-16-11(20-12)10(19)15-8-4-1-2-5-9(8)18-7-3-6-14-18/h1-7H,(H,15,19). The largest absolute Gasteiger partial charge is 0.318 e. The van der Waals surface area contributed by atoms with Gasteiger partial charge in [-0.1, -0.05) is 23.5 Å². The van der Waals surface area contributed by atoms with E-state index < -0.39 is 0 Å². The van der Waals surface area contributed by atoms with Crippen LogP contribution in [0.15, 0.2) is 42.7 Å². The van der Waals surface area contributed by atoms with Gasteiger partial charge in [-0.2, -0.15) is 5.10 Å². The van der Waals surface area contributed by atoms with Crippen LogP contribution in [0.25, 0.3) is 5.69 Å². The van der Waals surface area contributed by atoms with Crippen molar-refractivity contribution in [1.29, 1.82) is 0 Å². The molecule has 20 heavy (non-hydrogen) atoms. The second-order valence-electron chi connectivity index (χ2n) is 3.78. The first kappa shape index (κ1) is 12.8. The van der Waals surface area contributed by atoms with Gasteiger partial charge >= 0.3 is 0 Å². The predicted molar refractivity (Wildman–Crippen MR) is 76.4 cm³/mol. The van der Waals surface area contributed by atoms with Crippen LogP contribution in [0, 0.1) is 0 Å². The minimum Gasteiger partial charge on any atom is -0.318 e. The average Bonchev–Trinajstić information content (AvgIpc) is 3.10. The summed E-state index contributed by atoms with van der Waals surface area (Å²) in [6.07, 6.45) is 3.47. The average molecular weight is 306 g/mol. The highest BCUT2D eigenvalue weighted by molar-refractivity contribution is 7.17. The zero-order chi connectivity index (χ0) is 13.9. The Kier molecular flexibility index (Phi) is 3.44. The second-order valence-corrected chi connectivity index (χ2v) is 5.34. The van der Waals surface area contributed by atoms with E-state index in [0.717, 1.165) is 17.0 Å². The highest BCUT2D eigenvalue weighted by Gasteiger charge is 2.14. The van der Waals surface area contributed by atoms with E-state index >= 15 is 0 Å². The van der Waals surface area contributed by atoms with Crippen LogP contribution >= 0.6 is 22.9 Å². The molecule has 0 radical (unpaired) electrons. The van der Waals surface area contributed by atoms with Gasteiger partial charge in [-0.05, 0) is 29.8 Å². The SMILES string of the molecule is O=C(Nc1ccccc1-n1cccn1)c1nnc(Cl)s1. The maximum atomic E-state index is 12.1. The van der Waals surface area contributed by atoms with E-state index in [1.54, 1.807) is 23.1 Å². The third-order valence-electron chi connectivity index (χ3n) is 2.50. The maximum Gasteiger partial charge on any atom is 0.286 e. The molecule has 1 amide bonds. The summed E-state index contributed by atoms with van der Waals surface area (Å²) in [4.78, 5) is 12.1. The summed E-state index contributed by atoms with van der Waals surface area (Å²) in [5.41, 5.74) is 1.40. The Bertz CT molecular complexity index is 740. The van der Waals surface area contributed by atoms with E-state index in [9.17, 15) is 4.79 Å². The van der Waals surface area contributed by atoms with Crippen LogP contribution in [0.3, 0.4) is 0 Å². The minimum absolute atomic E-state index is 0.213. The van der Waals surface area contributed by atoms with Crippen molar-refractivity contribution in [2.45, 2.75) is 0 Å². The molecule has 0 aliphatic rings. The smallest absolute Gasteiger partial charge is 0.286 e. The number of para-hydroxylation sites is 2. The molecule has 0 fully saturated rings. The Morgan fingerprint density at radius 2 is 2.10 bits per heavy atom. The Labute approximate surface area is 123 Å². The zero-order valence-electron chi connectivity index (χ0n) is 10.0. The molecule has 2 heterocycles. The van der Waals surface area contributed by atoms with Gasteiger partial charge in [-0.25, -0.2) is 4.68 Å². The van der Waals surface area contributed by atoms with Gasteiger partial charge in [0.1, 0.15) is 0 Å². The molecular weight excluding hydrogens is 298 g/mol. The predicted octanol–water partition coefficient (Wildman–Crippen LogP) is 2.63. The van der Waals surface area contributed by atoms with Crippen molar-refractivity contribution < 1.29 is 4.79 Å². The molecule has 0 bridgehead atoms. The molecule has 1 aromatic carbocycles. The van der Waals surface area contributed by atoms with Gasteiger partial charge < -0.3 is 5.32 Å². The summed E-state index contributed by atoms with van der Waals surface area (Å²) in [6.45, 7) is 0. The fourth-order valence-corrected chi connectivity index (χ4v) is 2.39. The monoisotopic (exact) mass is 305 g/mol. The molecule has 0 spiro atoms. The van der Waals surface area contributed by atoms with E-state index in [1.807, 2.05) is 24.3 Å². The summed E-state index contributed by atoms with van der Waals surface area (Å²) in [6, 6.07) is 9.15. The fourth-order valence-electron chi connectivity index (χ4n) is 1.66. The van der Waals surface area contributed by atoms with Crippen LogP contribution in [-0.4, -0.2) is 25.9 Å². The lowest BCUT2D eigenvalue weighted by molar-refractivity contribution is 0.102. The van der Waals surface area contributed by atoms with Gasteiger partial charge in [0, 0.05) is 12.4 Å². The summed E-state index contributed by atoms with van der Waals surface area (Å²) in [5, 5.41) is 14.5. The van der Waals surface area contributed by atoms with Crippen molar-refractivity contribution in [3.05, 3.63) is 52.2 Å². The fraction of sp³-hybridized carbons (Fsp3) is 0. The van der Waals surface area contributed by atoms with Gasteiger partial charge in [0.05, 0.1) is 11.4 Å². The lowest BCUT2D eigenvalue weighted by atomic mass is 10.2. The van der Waals surface area contributed by atoms with E-state index in [-0.39, 0.29) is 15.4 Å². The number of hydrogen-bond acceptors (Lipinski definition) is 5. The first-order valence-corrected chi connectivity index (χ1v) is 6.83.